The van der Waals surface area contributed by atoms with E-state index in [-0.39, 0.29) is 18.4 Å². The number of carbonyl (C=O) groups is 1. The van der Waals surface area contributed by atoms with E-state index < -0.39 is 0 Å². The van der Waals surface area contributed by atoms with Crippen LogP contribution in [-0.2, 0) is 11.2 Å². The van der Waals surface area contributed by atoms with Crippen LogP contribution >= 0.6 is 0 Å². The maximum absolute atomic E-state index is 12.3. The van der Waals surface area contributed by atoms with Crippen LogP contribution in [0.1, 0.15) is 37.3 Å². The topological polar surface area (TPSA) is 49.3 Å². The second kappa shape index (κ2) is 5.91. The van der Waals surface area contributed by atoms with E-state index in [1.54, 1.807) is 0 Å². The highest BCUT2D eigenvalue weighted by Crippen LogP contribution is 2.57. The summed E-state index contributed by atoms with van der Waals surface area (Å²) >= 11 is 0. The number of benzene rings is 1. The van der Waals surface area contributed by atoms with Crippen LogP contribution in [0, 0.1) is 29.6 Å². The molecule has 2 aliphatic rings. The van der Waals surface area contributed by atoms with Crippen LogP contribution in [0.25, 0.3) is 0 Å². The lowest BCUT2D eigenvalue weighted by Crippen LogP contribution is -2.17. The van der Waals surface area contributed by atoms with Crippen molar-refractivity contribution in [3.05, 3.63) is 29.3 Å². The Morgan fingerprint density at radius 2 is 2.14 bits per heavy atom. The third-order valence-corrected chi connectivity index (χ3v) is 4.77. The van der Waals surface area contributed by atoms with Crippen molar-refractivity contribution in [3.63, 3.8) is 0 Å². The third-order valence-electron chi connectivity index (χ3n) is 4.77. The van der Waals surface area contributed by atoms with Crippen LogP contribution in [0.5, 0.6) is 0 Å². The van der Waals surface area contributed by atoms with Gasteiger partial charge in [0.25, 0.3) is 0 Å². The second-order valence-electron chi connectivity index (χ2n) is 5.96. The molecule has 0 bridgehead atoms. The summed E-state index contributed by atoms with van der Waals surface area (Å²) in [5.74, 6) is 7.28. The van der Waals surface area contributed by atoms with E-state index in [9.17, 15) is 4.79 Å². The predicted molar refractivity (Wildman–Crippen MR) is 82.7 cm³/mol. The molecule has 3 rings (SSSR count). The summed E-state index contributed by atoms with van der Waals surface area (Å²) in [6.07, 6.45) is 4.58. The number of anilines is 1. The molecule has 1 amide bonds. The number of aliphatic hydroxyl groups is 1. The molecule has 3 heteroatoms. The molecule has 21 heavy (non-hydrogen) atoms. The van der Waals surface area contributed by atoms with Crippen molar-refractivity contribution in [2.45, 2.75) is 32.6 Å². The average molecular weight is 283 g/mol. The predicted octanol–water partition coefficient (Wildman–Crippen LogP) is 2.58. The Morgan fingerprint density at radius 3 is 2.81 bits per heavy atom. The van der Waals surface area contributed by atoms with Gasteiger partial charge in [0.15, 0.2) is 0 Å². The quantitative estimate of drug-likeness (QED) is 0.838. The lowest BCUT2D eigenvalue weighted by atomic mass is 10.1. The zero-order valence-electron chi connectivity index (χ0n) is 12.4. The van der Waals surface area contributed by atoms with E-state index in [1.807, 2.05) is 18.2 Å². The Morgan fingerprint density at radius 1 is 1.38 bits per heavy atom. The van der Waals surface area contributed by atoms with Crippen molar-refractivity contribution in [2.75, 3.05) is 11.9 Å². The molecule has 0 aliphatic heterocycles. The monoisotopic (exact) mass is 283 g/mol. The fourth-order valence-electron chi connectivity index (χ4n) is 3.65. The van der Waals surface area contributed by atoms with E-state index in [0.717, 1.165) is 23.2 Å². The van der Waals surface area contributed by atoms with E-state index in [0.29, 0.717) is 11.8 Å². The van der Waals surface area contributed by atoms with E-state index in [4.69, 9.17) is 5.11 Å². The van der Waals surface area contributed by atoms with Gasteiger partial charge in [-0.2, -0.15) is 0 Å². The summed E-state index contributed by atoms with van der Waals surface area (Å²) in [6.45, 7) is 1.94. The van der Waals surface area contributed by atoms with Gasteiger partial charge in [-0.3, -0.25) is 4.79 Å². The minimum Gasteiger partial charge on any atom is -0.384 e. The molecule has 1 aromatic rings. The molecule has 0 heterocycles. The molecule has 3 nitrogen and oxygen atoms in total. The molecule has 2 aliphatic carbocycles. The minimum absolute atomic E-state index is 0.135. The van der Waals surface area contributed by atoms with Crippen LogP contribution in [0.3, 0.4) is 0 Å². The molecule has 2 fully saturated rings. The molecule has 2 saturated carbocycles. The summed E-state index contributed by atoms with van der Waals surface area (Å²) in [5.41, 5.74) is 2.88. The molecule has 0 spiro atoms. The van der Waals surface area contributed by atoms with Gasteiger partial charge in [0.2, 0.25) is 5.91 Å². The maximum atomic E-state index is 12.3. The molecular formula is C18H21NO2. The highest BCUT2D eigenvalue weighted by molar-refractivity contribution is 5.95. The zero-order chi connectivity index (χ0) is 14.8. The smallest absolute Gasteiger partial charge is 0.228 e. The first-order chi connectivity index (χ1) is 10.2. The molecule has 2 N–H and O–H groups in total. The molecule has 0 saturated heterocycles. The third kappa shape index (κ3) is 2.82. The fourth-order valence-corrected chi connectivity index (χ4v) is 3.65. The minimum atomic E-state index is -0.135. The largest absolute Gasteiger partial charge is 0.384 e. The average Bonchev–Trinajstić information content (AvgIpc) is 2.99. The summed E-state index contributed by atoms with van der Waals surface area (Å²) in [5, 5.41) is 11.8. The van der Waals surface area contributed by atoms with Crippen LogP contribution in [0.15, 0.2) is 18.2 Å². The molecular weight excluding hydrogens is 262 g/mol. The summed E-state index contributed by atoms with van der Waals surface area (Å²) in [7, 11) is 0. The fraction of sp³-hybridized carbons (Fsp3) is 0.500. The summed E-state index contributed by atoms with van der Waals surface area (Å²) in [6, 6.07) is 5.81. The van der Waals surface area contributed by atoms with Gasteiger partial charge in [-0.15, -0.1) is 0 Å². The van der Waals surface area contributed by atoms with Gasteiger partial charge in [-0.05, 0) is 54.9 Å². The first-order valence-corrected chi connectivity index (χ1v) is 7.78. The van der Waals surface area contributed by atoms with Gasteiger partial charge in [0.1, 0.15) is 6.61 Å². The Labute approximate surface area is 125 Å². The Hall–Kier alpha value is -1.79. The van der Waals surface area contributed by atoms with Crippen molar-refractivity contribution in [3.8, 4) is 11.8 Å². The highest BCUT2D eigenvalue weighted by atomic mass is 16.2. The van der Waals surface area contributed by atoms with Gasteiger partial charge in [0, 0.05) is 17.2 Å². The number of hydrogen-bond donors (Lipinski definition) is 2. The highest BCUT2D eigenvalue weighted by Gasteiger charge is 2.56. The SMILES string of the molecule is CCc1cc(C#CCO)ccc1NC(=O)C1C2CCCC21. The van der Waals surface area contributed by atoms with Crippen LogP contribution in [0.4, 0.5) is 5.69 Å². The van der Waals surface area contributed by atoms with Crippen molar-refractivity contribution in [1.82, 2.24) is 0 Å². The van der Waals surface area contributed by atoms with Crippen LogP contribution in [-0.4, -0.2) is 17.6 Å². The van der Waals surface area contributed by atoms with Crippen molar-refractivity contribution >= 4 is 11.6 Å². The molecule has 2 unspecified atom stereocenters. The zero-order valence-corrected chi connectivity index (χ0v) is 12.4. The summed E-state index contributed by atoms with van der Waals surface area (Å²) in [4.78, 5) is 12.3. The van der Waals surface area contributed by atoms with Gasteiger partial charge >= 0.3 is 0 Å². The number of rotatable bonds is 3. The number of aryl methyl sites for hydroxylation is 1. The van der Waals surface area contributed by atoms with Crippen molar-refractivity contribution in [2.24, 2.45) is 17.8 Å². The summed E-state index contributed by atoms with van der Waals surface area (Å²) < 4.78 is 0. The van der Waals surface area contributed by atoms with Crippen molar-refractivity contribution < 1.29 is 9.90 Å². The normalized spacial score (nSPS) is 25.7. The Balaban J connectivity index is 1.71. The van der Waals surface area contributed by atoms with Gasteiger partial charge in [0.05, 0.1) is 0 Å². The van der Waals surface area contributed by atoms with Gasteiger partial charge < -0.3 is 10.4 Å². The Kier molecular flexibility index (Phi) is 3.98. The molecule has 0 radical (unpaired) electrons. The number of carbonyl (C=O) groups excluding carboxylic acids is 1. The van der Waals surface area contributed by atoms with Gasteiger partial charge in [-0.1, -0.05) is 25.2 Å². The van der Waals surface area contributed by atoms with Crippen LogP contribution < -0.4 is 5.32 Å². The van der Waals surface area contributed by atoms with E-state index in [2.05, 4.69) is 24.1 Å². The number of fused-ring (bicyclic) bond motifs is 1. The first kappa shape index (κ1) is 14.2. The molecule has 110 valence electrons. The lowest BCUT2D eigenvalue weighted by molar-refractivity contribution is -0.118. The number of hydrogen-bond acceptors (Lipinski definition) is 2. The molecule has 0 aromatic heterocycles. The second-order valence-corrected chi connectivity index (χ2v) is 5.96. The molecule has 1 aromatic carbocycles. The van der Waals surface area contributed by atoms with Crippen molar-refractivity contribution in [1.29, 1.82) is 0 Å². The lowest BCUT2D eigenvalue weighted by Gasteiger charge is -2.11. The first-order valence-electron chi connectivity index (χ1n) is 7.78. The Bertz CT molecular complexity index is 601. The van der Waals surface area contributed by atoms with Gasteiger partial charge in [-0.25, -0.2) is 0 Å². The molecule has 2 atom stereocenters. The van der Waals surface area contributed by atoms with E-state index in [1.165, 1.54) is 19.3 Å². The van der Waals surface area contributed by atoms with E-state index >= 15 is 0 Å². The number of nitrogens with one attached hydrogen (secondary N) is 1. The standard InChI is InChI=1S/C18H21NO2/c1-2-13-11-12(5-4-10-20)8-9-16(13)19-18(21)17-14-6-3-7-15(14)17/h8-9,11,14-15,17,20H,2-3,6-7,10H2,1H3,(H,19,21). The number of amides is 1. The van der Waals surface area contributed by atoms with Crippen LogP contribution in [0.2, 0.25) is 0 Å². The maximum Gasteiger partial charge on any atom is 0.228 e. The number of aliphatic hydroxyl groups excluding tert-OH is 1.